The lowest BCUT2D eigenvalue weighted by Gasteiger charge is -2.18. The van der Waals surface area contributed by atoms with Gasteiger partial charge >= 0.3 is 0 Å². The second-order valence-electron chi connectivity index (χ2n) is 7.37. The van der Waals surface area contributed by atoms with Crippen molar-refractivity contribution >= 4 is 12.0 Å². The van der Waals surface area contributed by atoms with E-state index in [1.807, 2.05) is 6.08 Å². The van der Waals surface area contributed by atoms with Gasteiger partial charge in [-0.3, -0.25) is 4.79 Å². The average molecular weight is 316 g/mol. The summed E-state index contributed by atoms with van der Waals surface area (Å²) in [5.74, 6) is 0.596. The first kappa shape index (κ1) is 19.5. The lowest BCUT2D eigenvalue weighted by molar-refractivity contribution is -0.116. The van der Waals surface area contributed by atoms with E-state index in [2.05, 4.69) is 64.2 Å². The maximum atomic E-state index is 11.9. The van der Waals surface area contributed by atoms with E-state index in [0.29, 0.717) is 5.92 Å². The van der Waals surface area contributed by atoms with Crippen LogP contribution in [0.3, 0.4) is 0 Å². The Kier molecular flexibility index (Phi) is 8.08. The number of carbonyl (C=O) groups excluding carboxylic acids is 1. The molecule has 0 aliphatic carbocycles. The highest BCUT2D eigenvalue weighted by Gasteiger charge is 2.12. The molecule has 0 bridgehead atoms. The Morgan fingerprint density at radius 3 is 2.35 bits per heavy atom. The third-order valence-corrected chi connectivity index (χ3v) is 4.31. The Bertz CT molecular complexity index is 494. The molecule has 0 spiro atoms. The van der Waals surface area contributed by atoms with Gasteiger partial charge in [0.15, 0.2) is 0 Å². The first-order chi connectivity index (χ1) is 10.9. The predicted molar refractivity (Wildman–Crippen MR) is 100 cm³/mol. The number of hydrogen-bond acceptors (Lipinski definition) is 1. The van der Waals surface area contributed by atoms with Crippen LogP contribution in [0.5, 0.6) is 0 Å². The summed E-state index contributed by atoms with van der Waals surface area (Å²) >= 11 is 0. The van der Waals surface area contributed by atoms with Crippen LogP contribution in [0.15, 0.2) is 30.3 Å². The molecule has 2 heteroatoms. The van der Waals surface area contributed by atoms with E-state index in [1.54, 1.807) is 6.08 Å². The molecule has 2 nitrogen and oxygen atoms in total. The van der Waals surface area contributed by atoms with Crippen LogP contribution in [-0.2, 0) is 10.2 Å². The zero-order valence-electron chi connectivity index (χ0n) is 15.5. The van der Waals surface area contributed by atoms with E-state index in [-0.39, 0.29) is 11.3 Å². The molecule has 128 valence electrons. The van der Waals surface area contributed by atoms with Crippen molar-refractivity contribution in [2.45, 2.75) is 65.7 Å². The molecule has 1 aromatic rings. The van der Waals surface area contributed by atoms with Gasteiger partial charge in [0.2, 0.25) is 5.91 Å². The monoisotopic (exact) mass is 315 g/mol. The third-order valence-electron chi connectivity index (χ3n) is 4.31. The Morgan fingerprint density at radius 1 is 1.17 bits per heavy atom. The van der Waals surface area contributed by atoms with Gasteiger partial charge in [-0.1, -0.05) is 78.1 Å². The summed E-state index contributed by atoms with van der Waals surface area (Å²) in [6, 6.07) is 8.41. The molecule has 1 unspecified atom stereocenters. The van der Waals surface area contributed by atoms with Crippen LogP contribution >= 0.6 is 0 Å². The number of nitrogens with one attached hydrogen (secondary N) is 1. The van der Waals surface area contributed by atoms with Crippen molar-refractivity contribution in [2.24, 2.45) is 5.92 Å². The summed E-state index contributed by atoms with van der Waals surface area (Å²) < 4.78 is 0. The number of unbranched alkanes of at least 4 members (excludes halogenated alkanes) is 1. The maximum Gasteiger partial charge on any atom is 0.244 e. The average Bonchev–Trinajstić information content (AvgIpc) is 2.52. The van der Waals surface area contributed by atoms with Gasteiger partial charge in [-0.05, 0) is 35.0 Å². The molecule has 0 aliphatic heterocycles. The van der Waals surface area contributed by atoms with Crippen molar-refractivity contribution in [2.75, 3.05) is 6.54 Å². The summed E-state index contributed by atoms with van der Waals surface area (Å²) in [5.41, 5.74) is 2.53. The van der Waals surface area contributed by atoms with Crippen molar-refractivity contribution in [1.82, 2.24) is 5.32 Å². The fraction of sp³-hybridized carbons (Fsp3) is 0.571. The van der Waals surface area contributed by atoms with Gasteiger partial charge < -0.3 is 5.32 Å². The quantitative estimate of drug-likeness (QED) is 0.645. The highest BCUT2D eigenvalue weighted by Crippen LogP contribution is 2.22. The second-order valence-corrected chi connectivity index (χ2v) is 7.37. The van der Waals surface area contributed by atoms with E-state index in [0.717, 1.165) is 18.5 Å². The van der Waals surface area contributed by atoms with Crippen LogP contribution in [0.4, 0.5) is 0 Å². The molecule has 0 radical (unpaired) electrons. The fourth-order valence-electron chi connectivity index (χ4n) is 2.51. The van der Waals surface area contributed by atoms with Gasteiger partial charge in [0.1, 0.15) is 0 Å². The minimum Gasteiger partial charge on any atom is -0.352 e. The highest BCUT2D eigenvalue weighted by molar-refractivity contribution is 5.91. The van der Waals surface area contributed by atoms with Crippen molar-refractivity contribution in [3.05, 3.63) is 41.5 Å². The van der Waals surface area contributed by atoms with Crippen LogP contribution < -0.4 is 5.32 Å². The Balaban J connectivity index is 2.48. The van der Waals surface area contributed by atoms with Crippen molar-refractivity contribution in [3.63, 3.8) is 0 Å². The molecule has 1 aromatic carbocycles. The number of rotatable bonds is 8. The van der Waals surface area contributed by atoms with Crippen molar-refractivity contribution < 1.29 is 4.79 Å². The minimum absolute atomic E-state index is 0.000142. The molecule has 0 aliphatic rings. The topological polar surface area (TPSA) is 29.1 Å². The molecule has 0 fully saturated rings. The lowest BCUT2D eigenvalue weighted by Crippen LogP contribution is -2.27. The Hall–Kier alpha value is -1.57. The molecular formula is C21H33NO. The van der Waals surface area contributed by atoms with Crippen LogP contribution in [0.25, 0.3) is 6.08 Å². The molecule has 0 aromatic heterocycles. The number of amides is 1. The number of carbonyl (C=O) groups is 1. The first-order valence-electron chi connectivity index (χ1n) is 8.93. The standard InChI is InChI=1S/C21H33NO/c1-6-8-9-17(7-2)16-22-20(23)15-12-18-10-13-19(14-11-18)21(3,4)5/h10-15,17H,6-9,16H2,1-5H3,(H,22,23)/b15-12+. The zero-order chi connectivity index (χ0) is 17.3. The largest absolute Gasteiger partial charge is 0.352 e. The zero-order valence-corrected chi connectivity index (χ0v) is 15.5. The molecule has 1 rings (SSSR count). The van der Waals surface area contributed by atoms with E-state index in [9.17, 15) is 4.79 Å². The lowest BCUT2D eigenvalue weighted by atomic mass is 9.87. The van der Waals surface area contributed by atoms with Gasteiger partial charge in [0.25, 0.3) is 0 Å². The number of hydrogen-bond donors (Lipinski definition) is 1. The van der Waals surface area contributed by atoms with Gasteiger partial charge in [0.05, 0.1) is 0 Å². The first-order valence-corrected chi connectivity index (χ1v) is 8.93. The number of benzene rings is 1. The van der Waals surface area contributed by atoms with Crippen molar-refractivity contribution in [1.29, 1.82) is 0 Å². The molecule has 1 N–H and O–H groups in total. The molecular weight excluding hydrogens is 282 g/mol. The summed E-state index contributed by atoms with van der Waals surface area (Å²) in [7, 11) is 0. The molecule has 0 saturated carbocycles. The van der Waals surface area contributed by atoms with Gasteiger partial charge in [0, 0.05) is 12.6 Å². The van der Waals surface area contributed by atoms with Gasteiger partial charge in [-0.15, -0.1) is 0 Å². The Morgan fingerprint density at radius 2 is 1.83 bits per heavy atom. The van der Waals surface area contributed by atoms with Crippen LogP contribution in [0, 0.1) is 5.92 Å². The van der Waals surface area contributed by atoms with E-state index >= 15 is 0 Å². The summed E-state index contributed by atoms with van der Waals surface area (Å²) in [6.45, 7) is 11.8. The van der Waals surface area contributed by atoms with E-state index in [1.165, 1.54) is 24.8 Å². The third kappa shape index (κ3) is 7.49. The maximum absolute atomic E-state index is 11.9. The fourth-order valence-corrected chi connectivity index (χ4v) is 2.51. The highest BCUT2D eigenvalue weighted by atomic mass is 16.1. The smallest absolute Gasteiger partial charge is 0.244 e. The summed E-state index contributed by atoms with van der Waals surface area (Å²) in [6.07, 6.45) is 8.30. The SMILES string of the molecule is CCCCC(CC)CNC(=O)/C=C/c1ccc(C(C)(C)C)cc1. The summed E-state index contributed by atoms with van der Waals surface area (Å²) in [5, 5.41) is 3.02. The molecule has 1 atom stereocenters. The molecule has 0 saturated heterocycles. The van der Waals surface area contributed by atoms with Gasteiger partial charge in [-0.2, -0.15) is 0 Å². The second kappa shape index (κ2) is 9.54. The summed E-state index contributed by atoms with van der Waals surface area (Å²) in [4.78, 5) is 11.9. The minimum atomic E-state index is -0.000142. The van der Waals surface area contributed by atoms with Crippen LogP contribution in [0.1, 0.15) is 71.4 Å². The molecule has 23 heavy (non-hydrogen) atoms. The van der Waals surface area contributed by atoms with Crippen molar-refractivity contribution in [3.8, 4) is 0 Å². The van der Waals surface area contributed by atoms with E-state index in [4.69, 9.17) is 0 Å². The van der Waals surface area contributed by atoms with Crippen LogP contribution in [-0.4, -0.2) is 12.5 Å². The molecule has 0 heterocycles. The molecule has 1 amide bonds. The predicted octanol–water partition coefficient (Wildman–Crippen LogP) is 5.33. The normalized spacial score (nSPS) is 13.3. The van der Waals surface area contributed by atoms with Crippen LogP contribution in [0.2, 0.25) is 0 Å². The van der Waals surface area contributed by atoms with Gasteiger partial charge in [-0.25, -0.2) is 0 Å². The Labute approximate surface area is 142 Å². The van der Waals surface area contributed by atoms with E-state index < -0.39 is 0 Å².